The van der Waals surface area contributed by atoms with Gasteiger partial charge in [0.05, 0.1) is 17.0 Å². The lowest BCUT2D eigenvalue weighted by atomic mass is 10.1. The van der Waals surface area contributed by atoms with Gasteiger partial charge in [-0.1, -0.05) is 5.16 Å². The van der Waals surface area contributed by atoms with E-state index in [-0.39, 0.29) is 0 Å². The summed E-state index contributed by atoms with van der Waals surface area (Å²) >= 11 is 3.27. The van der Waals surface area contributed by atoms with Crippen LogP contribution < -0.4 is 5.73 Å². The maximum absolute atomic E-state index is 6.13. The van der Waals surface area contributed by atoms with Crippen LogP contribution in [0.5, 0.6) is 0 Å². The Labute approximate surface area is 129 Å². The fourth-order valence-electron chi connectivity index (χ4n) is 2.71. The number of fused-ring (bicyclic) bond motifs is 1. The average Bonchev–Trinajstić information content (AvgIpc) is 3.16. The second kappa shape index (κ2) is 4.92. The maximum Gasteiger partial charge on any atom is 0.261 e. The van der Waals surface area contributed by atoms with E-state index in [1.807, 2.05) is 12.3 Å². The molecule has 0 unspecified atom stereocenters. The molecular weight excluding hydrogens is 304 g/mol. The third-order valence-electron chi connectivity index (χ3n) is 3.61. The largest absolute Gasteiger partial charge is 0.390 e. The molecule has 0 saturated carbocycles. The van der Waals surface area contributed by atoms with Crippen molar-refractivity contribution in [1.82, 2.24) is 15.1 Å². The number of thiophene rings is 1. The monoisotopic (exact) mass is 318 g/mol. The minimum atomic E-state index is 0.551. The normalized spacial score (nSPS) is 13.8. The van der Waals surface area contributed by atoms with Gasteiger partial charge in [0.2, 0.25) is 0 Å². The van der Waals surface area contributed by atoms with Gasteiger partial charge in [-0.05, 0) is 31.7 Å². The van der Waals surface area contributed by atoms with Gasteiger partial charge in [0.15, 0.2) is 5.82 Å². The summed E-state index contributed by atoms with van der Waals surface area (Å²) in [6.45, 7) is 1.98. The van der Waals surface area contributed by atoms with Gasteiger partial charge >= 0.3 is 0 Å². The first-order valence-corrected chi connectivity index (χ1v) is 8.54. The van der Waals surface area contributed by atoms with Crippen LogP contribution in [0.25, 0.3) is 11.5 Å². The Hall–Kier alpha value is -1.73. The highest BCUT2D eigenvalue weighted by Gasteiger charge is 2.25. The second-order valence-corrected chi connectivity index (χ2v) is 7.25. The molecule has 0 spiro atoms. The van der Waals surface area contributed by atoms with Crippen molar-refractivity contribution in [3.8, 4) is 11.5 Å². The highest BCUT2D eigenvalue weighted by molar-refractivity contribution is 7.16. The molecule has 0 aliphatic heterocycles. The number of aromatic nitrogens is 3. The Morgan fingerprint density at radius 2 is 2.24 bits per heavy atom. The minimum Gasteiger partial charge on any atom is -0.390 e. The summed E-state index contributed by atoms with van der Waals surface area (Å²) in [5.74, 6) is 1.21. The highest BCUT2D eigenvalue weighted by Crippen LogP contribution is 2.42. The van der Waals surface area contributed by atoms with Crippen molar-refractivity contribution in [2.24, 2.45) is 0 Å². The zero-order valence-corrected chi connectivity index (χ0v) is 13.2. The smallest absolute Gasteiger partial charge is 0.261 e. The molecule has 0 radical (unpaired) electrons. The first-order valence-electron chi connectivity index (χ1n) is 6.84. The molecule has 0 fully saturated rings. The lowest BCUT2D eigenvalue weighted by Gasteiger charge is -1.96. The summed E-state index contributed by atoms with van der Waals surface area (Å²) in [4.78, 5) is 10.3. The molecule has 3 aromatic heterocycles. The van der Waals surface area contributed by atoms with Crippen LogP contribution in [0.15, 0.2) is 9.90 Å². The van der Waals surface area contributed by atoms with Gasteiger partial charge in [-0.25, -0.2) is 4.98 Å². The predicted octanol–water partition coefficient (Wildman–Crippen LogP) is 3.22. The van der Waals surface area contributed by atoms with Crippen LogP contribution in [0.1, 0.15) is 33.4 Å². The van der Waals surface area contributed by atoms with Crippen molar-refractivity contribution in [1.29, 1.82) is 0 Å². The topological polar surface area (TPSA) is 77.8 Å². The third kappa shape index (κ3) is 2.26. The summed E-state index contributed by atoms with van der Waals surface area (Å²) in [6, 6.07) is 0. The van der Waals surface area contributed by atoms with E-state index >= 15 is 0 Å². The molecule has 0 amide bonds. The van der Waals surface area contributed by atoms with Gasteiger partial charge in [-0.3, -0.25) is 0 Å². The molecule has 7 heteroatoms. The van der Waals surface area contributed by atoms with E-state index in [1.54, 1.807) is 22.7 Å². The van der Waals surface area contributed by atoms with Gasteiger partial charge in [-0.15, -0.1) is 22.7 Å². The quantitative estimate of drug-likeness (QED) is 0.802. The van der Waals surface area contributed by atoms with E-state index in [1.165, 1.54) is 16.9 Å². The van der Waals surface area contributed by atoms with E-state index in [2.05, 4.69) is 15.1 Å². The molecule has 2 N–H and O–H groups in total. The predicted molar refractivity (Wildman–Crippen MR) is 83.7 cm³/mol. The molecule has 3 heterocycles. The number of anilines is 1. The second-order valence-electron chi connectivity index (χ2n) is 5.17. The Morgan fingerprint density at radius 1 is 1.33 bits per heavy atom. The number of rotatable bonds is 3. The van der Waals surface area contributed by atoms with Gasteiger partial charge in [0.1, 0.15) is 5.01 Å². The number of hydrogen-bond donors (Lipinski definition) is 1. The first kappa shape index (κ1) is 13.0. The summed E-state index contributed by atoms with van der Waals surface area (Å²) in [5, 5.41) is 7.90. The number of nitrogens with two attached hydrogens (primary N) is 1. The Kier molecular flexibility index (Phi) is 3.04. The Morgan fingerprint density at radius 3 is 3.05 bits per heavy atom. The highest BCUT2D eigenvalue weighted by atomic mass is 32.1. The standard InChI is InChI=1S/C14H14N4OS2/c1-7-6-20-11(16-7)5-10-17-14(19-18-10)12-8-3-2-4-9(8)21-13(12)15/h6H,2-5,15H2,1H3. The van der Waals surface area contributed by atoms with Gasteiger partial charge in [0, 0.05) is 16.0 Å². The molecule has 1 aliphatic carbocycles. The van der Waals surface area contributed by atoms with Crippen molar-refractivity contribution in [2.45, 2.75) is 32.6 Å². The van der Waals surface area contributed by atoms with Crippen LogP contribution in [0, 0.1) is 6.92 Å². The van der Waals surface area contributed by atoms with E-state index in [9.17, 15) is 0 Å². The fraction of sp³-hybridized carbons (Fsp3) is 0.357. The molecule has 5 nitrogen and oxygen atoms in total. The summed E-state index contributed by atoms with van der Waals surface area (Å²) in [5.41, 5.74) is 9.42. The molecule has 3 aromatic rings. The molecule has 1 aliphatic rings. The molecule has 0 bridgehead atoms. The van der Waals surface area contributed by atoms with Crippen molar-refractivity contribution in [2.75, 3.05) is 5.73 Å². The van der Waals surface area contributed by atoms with Crippen LogP contribution in [0.4, 0.5) is 5.00 Å². The van der Waals surface area contributed by atoms with Crippen LogP contribution in [-0.2, 0) is 19.3 Å². The van der Waals surface area contributed by atoms with Crippen molar-refractivity contribution in [3.05, 3.63) is 32.3 Å². The molecule has 21 heavy (non-hydrogen) atoms. The molecule has 0 aromatic carbocycles. The summed E-state index contributed by atoms with van der Waals surface area (Å²) < 4.78 is 5.44. The van der Waals surface area contributed by atoms with Gasteiger partial charge < -0.3 is 10.3 Å². The van der Waals surface area contributed by atoms with Gasteiger partial charge in [-0.2, -0.15) is 4.98 Å². The van der Waals surface area contributed by atoms with Crippen LogP contribution in [0.2, 0.25) is 0 Å². The van der Waals surface area contributed by atoms with Crippen LogP contribution in [-0.4, -0.2) is 15.1 Å². The number of hydrogen-bond acceptors (Lipinski definition) is 7. The molecular formula is C14H14N4OS2. The van der Waals surface area contributed by atoms with E-state index in [4.69, 9.17) is 10.3 Å². The first-order chi connectivity index (χ1) is 10.2. The molecule has 4 rings (SSSR count). The Balaban J connectivity index is 1.65. The van der Waals surface area contributed by atoms with Crippen molar-refractivity contribution < 1.29 is 4.52 Å². The average molecular weight is 318 g/mol. The number of nitrogen functional groups attached to an aromatic ring is 1. The fourth-order valence-corrected chi connectivity index (χ4v) is 4.63. The summed E-state index contributed by atoms with van der Waals surface area (Å²) in [7, 11) is 0. The number of nitrogens with zero attached hydrogens (tertiary/aromatic N) is 3. The minimum absolute atomic E-state index is 0.551. The van der Waals surface area contributed by atoms with E-state index in [0.717, 1.165) is 34.1 Å². The molecule has 0 atom stereocenters. The molecule has 0 saturated heterocycles. The van der Waals surface area contributed by atoms with E-state index in [0.29, 0.717) is 18.1 Å². The third-order valence-corrected chi connectivity index (χ3v) is 5.69. The maximum atomic E-state index is 6.13. The van der Waals surface area contributed by atoms with Crippen LogP contribution >= 0.6 is 22.7 Å². The SMILES string of the molecule is Cc1csc(Cc2noc(-c3c(N)sc4c3CCC4)n2)n1. The number of aryl methyl sites for hydroxylation is 2. The lowest BCUT2D eigenvalue weighted by molar-refractivity contribution is 0.424. The zero-order valence-electron chi connectivity index (χ0n) is 11.5. The van der Waals surface area contributed by atoms with E-state index < -0.39 is 0 Å². The lowest BCUT2D eigenvalue weighted by Crippen LogP contribution is -1.91. The van der Waals surface area contributed by atoms with Crippen molar-refractivity contribution >= 4 is 27.7 Å². The molecule has 108 valence electrons. The Bertz CT molecular complexity index is 802. The van der Waals surface area contributed by atoms with Crippen molar-refractivity contribution in [3.63, 3.8) is 0 Å². The summed E-state index contributed by atoms with van der Waals surface area (Å²) in [6.07, 6.45) is 3.97. The zero-order chi connectivity index (χ0) is 14.4. The van der Waals surface area contributed by atoms with Crippen LogP contribution in [0.3, 0.4) is 0 Å². The number of thiazole rings is 1. The van der Waals surface area contributed by atoms with Gasteiger partial charge in [0.25, 0.3) is 5.89 Å².